The van der Waals surface area contributed by atoms with E-state index in [0.29, 0.717) is 11.5 Å². The van der Waals surface area contributed by atoms with Crippen LogP contribution in [0.2, 0.25) is 0 Å². The Morgan fingerprint density at radius 2 is 1.83 bits per heavy atom. The molecule has 24 heavy (non-hydrogen) atoms. The second kappa shape index (κ2) is 5.68. The Bertz CT molecular complexity index is 880. The predicted molar refractivity (Wildman–Crippen MR) is 86.7 cm³/mol. The van der Waals surface area contributed by atoms with Crippen molar-refractivity contribution in [3.8, 4) is 17.2 Å². The van der Waals surface area contributed by atoms with Gasteiger partial charge in [0.1, 0.15) is 11.9 Å². The number of ether oxygens (including phenoxy) is 3. The van der Waals surface area contributed by atoms with E-state index in [2.05, 4.69) is 0 Å². The van der Waals surface area contributed by atoms with Crippen molar-refractivity contribution in [3.63, 3.8) is 0 Å². The molecule has 6 nitrogen and oxygen atoms in total. The topological polar surface area (TPSA) is 65.1 Å². The third kappa shape index (κ3) is 2.59. The standard InChI is InChI=1S/C17H17NO5S/c1-12-9-18(10-13-4-2-3-5-15(13)23-12)24(19,20)14-6-7-16-17(8-14)22-11-21-16/h2-8,12H,9-11H2,1H3. The summed E-state index contributed by atoms with van der Waals surface area (Å²) in [5.41, 5.74) is 0.853. The fourth-order valence-electron chi connectivity index (χ4n) is 2.91. The second-order valence-electron chi connectivity index (χ2n) is 5.85. The van der Waals surface area contributed by atoms with Gasteiger partial charge in [0.05, 0.1) is 11.4 Å². The van der Waals surface area contributed by atoms with Crippen molar-refractivity contribution < 1.29 is 22.6 Å². The van der Waals surface area contributed by atoms with Gasteiger partial charge in [0, 0.05) is 18.2 Å². The second-order valence-corrected chi connectivity index (χ2v) is 7.79. The first-order valence-electron chi connectivity index (χ1n) is 7.68. The van der Waals surface area contributed by atoms with Crippen LogP contribution < -0.4 is 14.2 Å². The SMILES string of the molecule is CC1CN(S(=O)(=O)c2ccc3c(c2)OCO3)Cc2ccccc2O1. The number of nitrogens with zero attached hydrogens (tertiary/aromatic N) is 1. The fourth-order valence-corrected chi connectivity index (χ4v) is 4.42. The molecule has 2 aliphatic heterocycles. The Morgan fingerprint density at radius 1 is 1.04 bits per heavy atom. The maximum Gasteiger partial charge on any atom is 0.243 e. The third-order valence-electron chi connectivity index (χ3n) is 4.09. The molecule has 0 aliphatic carbocycles. The number of hydrogen-bond donors (Lipinski definition) is 0. The summed E-state index contributed by atoms with van der Waals surface area (Å²) in [5, 5.41) is 0. The molecule has 0 bridgehead atoms. The molecule has 1 unspecified atom stereocenters. The molecule has 0 fully saturated rings. The lowest BCUT2D eigenvalue weighted by Crippen LogP contribution is -2.36. The van der Waals surface area contributed by atoms with Gasteiger partial charge in [-0.3, -0.25) is 0 Å². The number of hydrogen-bond acceptors (Lipinski definition) is 5. The van der Waals surface area contributed by atoms with Gasteiger partial charge in [-0.15, -0.1) is 0 Å². The molecule has 0 aromatic heterocycles. The number of benzene rings is 2. The molecule has 1 atom stereocenters. The number of sulfonamides is 1. The highest BCUT2D eigenvalue weighted by molar-refractivity contribution is 7.89. The van der Waals surface area contributed by atoms with Gasteiger partial charge in [0.15, 0.2) is 11.5 Å². The lowest BCUT2D eigenvalue weighted by molar-refractivity contribution is 0.174. The Labute approximate surface area is 140 Å². The van der Waals surface area contributed by atoms with Crippen molar-refractivity contribution in [1.82, 2.24) is 4.31 Å². The van der Waals surface area contributed by atoms with Crippen molar-refractivity contribution in [2.24, 2.45) is 0 Å². The third-order valence-corrected chi connectivity index (χ3v) is 5.90. The maximum absolute atomic E-state index is 13.1. The molecule has 2 aromatic carbocycles. The molecule has 7 heteroatoms. The van der Waals surface area contributed by atoms with Crippen LogP contribution in [-0.4, -0.2) is 32.2 Å². The van der Waals surface area contributed by atoms with Crippen LogP contribution in [0.1, 0.15) is 12.5 Å². The molecule has 0 spiro atoms. The van der Waals surface area contributed by atoms with E-state index in [-0.39, 0.29) is 30.9 Å². The quantitative estimate of drug-likeness (QED) is 0.835. The van der Waals surface area contributed by atoms with Gasteiger partial charge in [-0.1, -0.05) is 18.2 Å². The molecule has 4 rings (SSSR count). The monoisotopic (exact) mass is 347 g/mol. The smallest absolute Gasteiger partial charge is 0.243 e. The zero-order valence-electron chi connectivity index (χ0n) is 13.1. The van der Waals surface area contributed by atoms with E-state index in [4.69, 9.17) is 14.2 Å². The first-order chi connectivity index (χ1) is 11.5. The molecule has 0 saturated heterocycles. The summed E-state index contributed by atoms with van der Waals surface area (Å²) in [4.78, 5) is 0.193. The Balaban J connectivity index is 1.71. The molecule has 0 saturated carbocycles. The summed E-state index contributed by atoms with van der Waals surface area (Å²) in [6, 6.07) is 12.2. The van der Waals surface area contributed by atoms with Crippen LogP contribution >= 0.6 is 0 Å². The van der Waals surface area contributed by atoms with Crippen LogP contribution in [0.4, 0.5) is 0 Å². The first-order valence-corrected chi connectivity index (χ1v) is 9.12. The van der Waals surface area contributed by atoms with Crippen molar-refractivity contribution in [2.45, 2.75) is 24.5 Å². The molecular weight excluding hydrogens is 330 g/mol. The number of para-hydroxylation sites is 1. The summed E-state index contributed by atoms with van der Waals surface area (Å²) >= 11 is 0. The normalized spacial score (nSPS) is 20.1. The Hall–Kier alpha value is -2.25. The van der Waals surface area contributed by atoms with E-state index in [1.165, 1.54) is 10.4 Å². The van der Waals surface area contributed by atoms with Crippen LogP contribution in [0.15, 0.2) is 47.4 Å². The molecule has 2 heterocycles. The number of rotatable bonds is 2. The molecule has 2 aromatic rings. The van der Waals surface area contributed by atoms with E-state index >= 15 is 0 Å². The van der Waals surface area contributed by atoms with Crippen molar-refractivity contribution in [3.05, 3.63) is 48.0 Å². The Morgan fingerprint density at radius 3 is 2.71 bits per heavy atom. The van der Waals surface area contributed by atoms with E-state index in [9.17, 15) is 8.42 Å². The van der Waals surface area contributed by atoms with Crippen LogP contribution in [0.3, 0.4) is 0 Å². The van der Waals surface area contributed by atoms with E-state index in [1.54, 1.807) is 12.1 Å². The highest BCUT2D eigenvalue weighted by Gasteiger charge is 2.31. The van der Waals surface area contributed by atoms with Gasteiger partial charge in [-0.2, -0.15) is 4.31 Å². The molecule has 126 valence electrons. The summed E-state index contributed by atoms with van der Waals surface area (Å²) in [5.74, 6) is 1.75. The minimum atomic E-state index is -3.66. The zero-order valence-corrected chi connectivity index (χ0v) is 14.0. The summed E-state index contributed by atoms with van der Waals surface area (Å²) in [6.45, 7) is 2.54. The number of fused-ring (bicyclic) bond motifs is 2. The van der Waals surface area contributed by atoms with Crippen LogP contribution in [-0.2, 0) is 16.6 Å². The van der Waals surface area contributed by atoms with E-state index in [1.807, 2.05) is 31.2 Å². The van der Waals surface area contributed by atoms with Gasteiger partial charge >= 0.3 is 0 Å². The lowest BCUT2D eigenvalue weighted by atomic mass is 10.2. The van der Waals surface area contributed by atoms with Crippen LogP contribution in [0.25, 0.3) is 0 Å². The summed E-state index contributed by atoms with van der Waals surface area (Å²) in [7, 11) is -3.66. The zero-order chi connectivity index (χ0) is 16.7. The average Bonchev–Trinajstić information content (AvgIpc) is 2.96. The van der Waals surface area contributed by atoms with Gasteiger partial charge in [0.2, 0.25) is 16.8 Å². The van der Waals surface area contributed by atoms with E-state index in [0.717, 1.165) is 11.3 Å². The van der Waals surface area contributed by atoms with Gasteiger partial charge in [0.25, 0.3) is 0 Å². The van der Waals surface area contributed by atoms with Crippen molar-refractivity contribution in [2.75, 3.05) is 13.3 Å². The lowest BCUT2D eigenvalue weighted by Gasteiger charge is -2.21. The molecule has 2 aliphatic rings. The minimum absolute atomic E-state index is 0.112. The Kier molecular flexibility index (Phi) is 3.62. The van der Waals surface area contributed by atoms with Crippen molar-refractivity contribution in [1.29, 1.82) is 0 Å². The van der Waals surface area contributed by atoms with Gasteiger partial charge in [-0.05, 0) is 25.1 Å². The van der Waals surface area contributed by atoms with Crippen molar-refractivity contribution >= 4 is 10.0 Å². The average molecular weight is 347 g/mol. The summed E-state index contributed by atoms with van der Waals surface area (Å²) < 4.78 is 44.0. The largest absolute Gasteiger partial charge is 0.489 e. The fraction of sp³-hybridized carbons (Fsp3) is 0.294. The molecular formula is C17H17NO5S. The summed E-state index contributed by atoms with van der Waals surface area (Å²) in [6.07, 6.45) is -0.238. The highest BCUT2D eigenvalue weighted by atomic mass is 32.2. The molecule has 0 radical (unpaired) electrons. The predicted octanol–water partition coefficient (Wildman–Crippen LogP) is 2.39. The van der Waals surface area contributed by atoms with Crippen LogP contribution in [0, 0.1) is 0 Å². The van der Waals surface area contributed by atoms with Gasteiger partial charge in [-0.25, -0.2) is 8.42 Å². The van der Waals surface area contributed by atoms with Crippen LogP contribution in [0.5, 0.6) is 17.2 Å². The first kappa shape index (κ1) is 15.3. The highest BCUT2D eigenvalue weighted by Crippen LogP contribution is 2.35. The maximum atomic E-state index is 13.1. The minimum Gasteiger partial charge on any atom is -0.489 e. The molecule has 0 N–H and O–H groups in total. The van der Waals surface area contributed by atoms with E-state index < -0.39 is 10.0 Å². The van der Waals surface area contributed by atoms with Gasteiger partial charge < -0.3 is 14.2 Å². The molecule has 0 amide bonds.